The van der Waals surface area contributed by atoms with E-state index in [1.807, 2.05) is 17.0 Å². The van der Waals surface area contributed by atoms with Crippen LogP contribution in [0.1, 0.15) is 32.6 Å². The highest BCUT2D eigenvalue weighted by Gasteiger charge is 2.52. The SMILES string of the molecule is CC1(N2CC3(CCN(S(=O)(=O)c4ccc(-c5ccc6cc(F)cnc6c5)cc4)CC3)OCC2=O)CC1. The van der Waals surface area contributed by atoms with Gasteiger partial charge in [0.25, 0.3) is 0 Å². The van der Waals surface area contributed by atoms with Crippen molar-refractivity contribution in [2.75, 3.05) is 26.2 Å². The number of carbonyl (C=O) groups excluding carboxylic acids is 1. The summed E-state index contributed by atoms with van der Waals surface area (Å²) in [6.45, 7) is 3.44. The number of rotatable bonds is 4. The number of amides is 1. The number of fused-ring (bicyclic) bond motifs is 1. The van der Waals surface area contributed by atoms with Gasteiger partial charge < -0.3 is 9.64 Å². The lowest BCUT2D eigenvalue weighted by Gasteiger charge is -2.48. The van der Waals surface area contributed by atoms with Crippen LogP contribution in [0.25, 0.3) is 22.0 Å². The number of benzene rings is 2. The maximum Gasteiger partial charge on any atom is 0.249 e. The first kappa shape index (κ1) is 23.5. The van der Waals surface area contributed by atoms with Crippen LogP contribution in [0.3, 0.4) is 0 Å². The van der Waals surface area contributed by atoms with Crippen LogP contribution in [0.2, 0.25) is 0 Å². The molecule has 0 atom stereocenters. The molecule has 2 aromatic carbocycles. The number of morpholine rings is 1. The van der Waals surface area contributed by atoms with Gasteiger partial charge in [0.05, 0.1) is 28.8 Å². The highest BCUT2D eigenvalue weighted by atomic mass is 32.2. The van der Waals surface area contributed by atoms with E-state index in [4.69, 9.17) is 4.74 Å². The Labute approximate surface area is 209 Å². The molecule has 1 saturated carbocycles. The van der Waals surface area contributed by atoms with E-state index in [1.54, 1.807) is 30.3 Å². The summed E-state index contributed by atoms with van der Waals surface area (Å²) < 4.78 is 47.7. The van der Waals surface area contributed by atoms with E-state index in [2.05, 4.69) is 11.9 Å². The fourth-order valence-corrected chi connectivity index (χ4v) is 6.78. The Hall–Kier alpha value is -2.88. The topological polar surface area (TPSA) is 79.8 Å². The van der Waals surface area contributed by atoms with E-state index in [9.17, 15) is 17.6 Å². The molecule has 2 aliphatic heterocycles. The normalized spacial score (nSPS) is 21.7. The zero-order valence-electron chi connectivity index (χ0n) is 20.1. The van der Waals surface area contributed by atoms with Gasteiger partial charge in [0.2, 0.25) is 15.9 Å². The predicted molar refractivity (Wildman–Crippen MR) is 133 cm³/mol. The fourth-order valence-electron chi connectivity index (χ4n) is 5.34. The summed E-state index contributed by atoms with van der Waals surface area (Å²) in [7, 11) is -3.65. The first-order valence-electron chi connectivity index (χ1n) is 12.3. The zero-order chi connectivity index (χ0) is 25.1. The van der Waals surface area contributed by atoms with Gasteiger partial charge in [-0.2, -0.15) is 4.31 Å². The van der Waals surface area contributed by atoms with Crippen molar-refractivity contribution in [3.05, 3.63) is 60.5 Å². The average molecular weight is 510 g/mol. The Morgan fingerprint density at radius 1 is 0.972 bits per heavy atom. The van der Waals surface area contributed by atoms with Crippen molar-refractivity contribution >= 4 is 26.8 Å². The quantitative estimate of drug-likeness (QED) is 0.532. The third-order valence-electron chi connectivity index (χ3n) is 7.98. The molecule has 2 saturated heterocycles. The number of halogens is 1. The predicted octanol–water partition coefficient (Wildman–Crippen LogP) is 3.98. The molecule has 1 amide bonds. The van der Waals surface area contributed by atoms with Crippen molar-refractivity contribution in [1.82, 2.24) is 14.2 Å². The van der Waals surface area contributed by atoms with Gasteiger partial charge in [0.1, 0.15) is 12.4 Å². The summed E-state index contributed by atoms with van der Waals surface area (Å²) in [6, 6.07) is 13.8. The second-order valence-electron chi connectivity index (χ2n) is 10.4. The summed E-state index contributed by atoms with van der Waals surface area (Å²) in [5.74, 6) is -0.350. The first-order chi connectivity index (χ1) is 17.2. The average Bonchev–Trinajstić information content (AvgIpc) is 3.64. The molecule has 0 N–H and O–H groups in total. The number of carbonyl (C=O) groups is 1. The lowest BCUT2D eigenvalue weighted by atomic mass is 9.89. The summed E-state index contributed by atoms with van der Waals surface area (Å²) in [6.07, 6.45) is 4.34. The fraction of sp³-hybridized carbons (Fsp3) is 0.407. The van der Waals surface area contributed by atoms with Crippen molar-refractivity contribution in [3.8, 4) is 11.1 Å². The zero-order valence-corrected chi connectivity index (χ0v) is 20.9. The lowest BCUT2D eigenvalue weighted by Crippen LogP contribution is -2.61. The smallest absolute Gasteiger partial charge is 0.249 e. The number of pyridine rings is 1. The standard InChI is InChI=1S/C27H28FN3O4S/c1-26(8-9-26)31-18-27(35-17-25(31)32)10-12-30(13-11-27)36(33,34)23-6-4-19(5-7-23)20-2-3-21-14-22(28)16-29-24(21)15-20/h2-7,14-16H,8-13,17-18H2,1H3. The summed E-state index contributed by atoms with van der Waals surface area (Å²) in [4.78, 5) is 18.7. The molecular weight excluding hydrogens is 481 g/mol. The van der Waals surface area contributed by atoms with Crippen molar-refractivity contribution in [3.63, 3.8) is 0 Å². The highest BCUT2D eigenvalue weighted by molar-refractivity contribution is 7.89. The van der Waals surface area contributed by atoms with Crippen LogP contribution >= 0.6 is 0 Å². The summed E-state index contributed by atoms with van der Waals surface area (Å²) >= 11 is 0. The number of nitrogens with zero attached hydrogens (tertiary/aromatic N) is 3. The molecule has 1 aromatic heterocycles. The largest absolute Gasteiger partial charge is 0.363 e. The first-order valence-corrected chi connectivity index (χ1v) is 13.7. The second kappa shape index (κ2) is 8.33. The Bertz CT molecular complexity index is 1450. The van der Waals surface area contributed by atoms with Gasteiger partial charge in [0.15, 0.2) is 0 Å². The number of hydrogen-bond donors (Lipinski definition) is 0. The van der Waals surface area contributed by atoms with E-state index >= 15 is 0 Å². The van der Waals surface area contributed by atoms with Crippen molar-refractivity contribution in [2.24, 2.45) is 0 Å². The number of ether oxygens (including phenoxy) is 1. The number of piperidine rings is 1. The molecule has 1 aliphatic carbocycles. The summed E-state index contributed by atoms with van der Waals surface area (Å²) in [5, 5.41) is 0.710. The van der Waals surface area contributed by atoms with Gasteiger partial charge in [-0.1, -0.05) is 24.3 Å². The van der Waals surface area contributed by atoms with E-state index in [1.165, 1.54) is 16.6 Å². The van der Waals surface area contributed by atoms with E-state index in [0.717, 1.165) is 24.0 Å². The van der Waals surface area contributed by atoms with Crippen molar-refractivity contribution < 1.29 is 22.3 Å². The third kappa shape index (κ3) is 4.09. The van der Waals surface area contributed by atoms with Gasteiger partial charge in [-0.05, 0) is 68.0 Å². The van der Waals surface area contributed by atoms with Crippen LogP contribution in [0.4, 0.5) is 4.39 Å². The Morgan fingerprint density at radius 2 is 1.67 bits per heavy atom. The molecule has 9 heteroatoms. The molecule has 3 heterocycles. The maximum absolute atomic E-state index is 13.4. The van der Waals surface area contributed by atoms with Gasteiger partial charge in [-0.25, -0.2) is 12.8 Å². The molecule has 188 valence electrons. The molecule has 0 radical (unpaired) electrons. The molecule has 6 rings (SSSR count). The minimum absolute atomic E-state index is 0.0325. The molecule has 3 aromatic rings. The highest BCUT2D eigenvalue weighted by Crippen LogP contribution is 2.45. The maximum atomic E-state index is 13.4. The Morgan fingerprint density at radius 3 is 2.36 bits per heavy atom. The number of sulfonamides is 1. The van der Waals surface area contributed by atoms with Crippen molar-refractivity contribution in [1.29, 1.82) is 0 Å². The Balaban J connectivity index is 1.16. The molecule has 7 nitrogen and oxygen atoms in total. The van der Waals surface area contributed by atoms with Crippen molar-refractivity contribution in [2.45, 2.75) is 48.6 Å². The lowest BCUT2D eigenvalue weighted by molar-refractivity contribution is -0.175. The Kier molecular flexibility index (Phi) is 5.44. The third-order valence-corrected chi connectivity index (χ3v) is 9.90. The number of aromatic nitrogens is 1. The van der Waals surface area contributed by atoms with Gasteiger partial charge in [-0.15, -0.1) is 0 Å². The molecule has 3 aliphatic rings. The van der Waals surface area contributed by atoms with Crippen LogP contribution in [0.15, 0.2) is 59.6 Å². The van der Waals surface area contributed by atoms with E-state index in [0.29, 0.717) is 43.4 Å². The summed E-state index contributed by atoms with van der Waals surface area (Å²) in [5.41, 5.74) is 1.88. The van der Waals surface area contributed by atoms with Crippen LogP contribution in [0, 0.1) is 5.82 Å². The minimum atomic E-state index is -3.65. The van der Waals surface area contributed by atoms with Crippen LogP contribution in [0.5, 0.6) is 0 Å². The molecule has 0 unspecified atom stereocenters. The van der Waals surface area contributed by atoms with Crippen LogP contribution < -0.4 is 0 Å². The second-order valence-corrected chi connectivity index (χ2v) is 12.4. The molecular formula is C27H28FN3O4S. The minimum Gasteiger partial charge on any atom is -0.363 e. The molecule has 36 heavy (non-hydrogen) atoms. The number of hydrogen-bond acceptors (Lipinski definition) is 5. The van der Waals surface area contributed by atoms with Gasteiger partial charge >= 0.3 is 0 Å². The molecule has 0 bridgehead atoms. The monoisotopic (exact) mass is 509 g/mol. The van der Waals surface area contributed by atoms with E-state index in [-0.39, 0.29) is 28.8 Å². The van der Waals surface area contributed by atoms with Gasteiger partial charge in [0, 0.05) is 24.0 Å². The molecule has 3 fully saturated rings. The van der Waals surface area contributed by atoms with Gasteiger partial charge in [-0.3, -0.25) is 9.78 Å². The van der Waals surface area contributed by atoms with E-state index < -0.39 is 15.6 Å². The molecule has 1 spiro atoms. The van der Waals surface area contributed by atoms with Crippen LogP contribution in [-0.4, -0.2) is 65.9 Å². The van der Waals surface area contributed by atoms with Crippen LogP contribution in [-0.2, 0) is 19.6 Å².